The maximum Gasteiger partial charge on any atom is 0.242 e. The first-order valence-corrected chi connectivity index (χ1v) is 13.6. The summed E-state index contributed by atoms with van der Waals surface area (Å²) in [6.07, 6.45) is 2.76. The second kappa shape index (κ2) is 13.4. The van der Waals surface area contributed by atoms with Gasteiger partial charge >= 0.3 is 0 Å². The second-order valence-corrected chi connectivity index (χ2v) is 10.7. The summed E-state index contributed by atoms with van der Waals surface area (Å²) in [5.74, 6) is -0.601. The van der Waals surface area contributed by atoms with Gasteiger partial charge in [-0.2, -0.15) is 11.8 Å². The molecule has 0 spiro atoms. The molecule has 9 nitrogen and oxygen atoms in total. The third kappa shape index (κ3) is 9.58. The van der Waals surface area contributed by atoms with Gasteiger partial charge in [-0.15, -0.1) is 0 Å². The Kier molecular flexibility index (Phi) is 11.7. The van der Waals surface area contributed by atoms with Crippen LogP contribution in [0.25, 0.3) is 0 Å². The Morgan fingerprint density at radius 3 is 2.28 bits per heavy atom. The first-order valence-electron chi connectivity index (χ1n) is 10.5. The molecule has 0 aliphatic rings. The van der Waals surface area contributed by atoms with Gasteiger partial charge in [0.25, 0.3) is 0 Å². The van der Waals surface area contributed by atoms with Crippen molar-refractivity contribution in [2.45, 2.75) is 52.2 Å². The molecule has 1 aromatic carbocycles. The van der Waals surface area contributed by atoms with Crippen LogP contribution in [0.1, 0.15) is 44.7 Å². The average Bonchev–Trinajstić information content (AvgIpc) is 2.73. The number of sulfonamides is 1. The van der Waals surface area contributed by atoms with Gasteiger partial charge in [-0.25, -0.2) is 13.1 Å². The van der Waals surface area contributed by atoms with Crippen LogP contribution in [0.2, 0.25) is 0 Å². The van der Waals surface area contributed by atoms with E-state index in [1.807, 2.05) is 6.26 Å². The summed E-state index contributed by atoms with van der Waals surface area (Å²) in [5.41, 5.74) is 6.87. The molecule has 180 valence electrons. The van der Waals surface area contributed by atoms with Gasteiger partial charge in [0, 0.05) is 12.1 Å². The molecule has 11 heteroatoms. The Labute approximate surface area is 195 Å². The van der Waals surface area contributed by atoms with Crippen LogP contribution in [0.5, 0.6) is 0 Å². The molecule has 0 saturated carbocycles. The molecule has 2 amide bonds. The minimum atomic E-state index is -3.59. The van der Waals surface area contributed by atoms with Crippen molar-refractivity contribution < 1.29 is 18.0 Å². The van der Waals surface area contributed by atoms with Crippen LogP contribution >= 0.6 is 11.8 Å². The highest BCUT2D eigenvalue weighted by Gasteiger charge is 2.30. The zero-order chi connectivity index (χ0) is 24.3. The Balaban J connectivity index is 2.85. The zero-order valence-electron chi connectivity index (χ0n) is 19.1. The van der Waals surface area contributed by atoms with E-state index in [9.17, 15) is 18.0 Å². The van der Waals surface area contributed by atoms with Crippen molar-refractivity contribution in [2.75, 3.05) is 17.8 Å². The predicted molar refractivity (Wildman–Crippen MR) is 130 cm³/mol. The van der Waals surface area contributed by atoms with Gasteiger partial charge in [0.1, 0.15) is 17.9 Å². The number of benzene rings is 1. The summed E-state index contributed by atoms with van der Waals surface area (Å²) in [7, 11) is -3.59. The first-order chi connectivity index (χ1) is 15.0. The molecule has 0 aromatic heterocycles. The molecule has 6 N–H and O–H groups in total. The highest BCUT2D eigenvalue weighted by Crippen LogP contribution is 2.09. The topological polar surface area (TPSA) is 154 Å². The van der Waals surface area contributed by atoms with E-state index in [0.29, 0.717) is 24.2 Å². The minimum absolute atomic E-state index is 0.0327. The Morgan fingerprint density at radius 1 is 1.16 bits per heavy atom. The van der Waals surface area contributed by atoms with Gasteiger partial charge in [-0.05, 0) is 36.3 Å². The molecule has 0 bridgehead atoms. The van der Waals surface area contributed by atoms with Crippen LogP contribution in [-0.4, -0.2) is 55.9 Å². The van der Waals surface area contributed by atoms with Crippen LogP contribution in [0.3, 0.4) is 0 Å². The molecule has 0 radical (unpaired) electrons. The van der Waals surface area contributed by atoms with Gasteiger partial charge in [0.15, 0.2) is 0 Å². The number of nitrogens with one attached hydrogen (secondary N) is 4. The molecule has 0 aliphatic heterocycles. The van der Waals surface area contributed by atoms with Gasteiger partial charge in [0.2, 0.25) is 21.8 Å². The summed E-state index contributed by atoms with van der Waals surface area (Å²) in [4.78, 5) is 25.6. The molecular weight excluding hydrogens is 450 g/mol. The van der Waals surface area contributed by atoms with E-state index in [2.05, 4.69) is 15.4 Å². The van der Waals surface area contributed by atoms with Crippen molar-refractivity contribution in [3.63, 3.8) is 0 Å². The van der Waals surface area contributed by atoms with E-state index >= 15 is 0 Å². The molecule has 32 heavy (non-hydrogen) atoms. The zero-order valence-corrected chi connectivity index (χ0v) is 20.7. The Bertz CT molecular complexity index is 873. The number of hydrogen-bond acceptors (Lipinski definition) is 6. The highest BCUT2D eigenvalue weighted by molar-refractivity contribution is 7.98. The van der Waals surface area contributed by atoms with Crippen LogP contribution in [0.4, 0.5) is 0 Å². The van der Waals surface area contributed by atoms with E-state index in [1.165, 1.54) is 0 Å². The number of amidine groups is 1. The number of nitrogens with two attached hydrogens (primary N) is 1. The minimum Gasteiger partial charge on any atom is -0.384 e. The number of amides is 2. The summed E-state index contributed by atoms with van der Waals surface area (Å²) >= 11 is 1.55. The van der Waals surface area contributed by atoms with E-state index in [1.54, 1.807) is 56.8 Å². The summed E-state index contributed by atoms with van der Waals surface area (Å²) in [5, 5.41) is 13.0. The Morgan fingerprint density at radius 2 is 1.78 bits per heavy atom. The standard InChI is InChI=1S/C21H35N5O4S2/c1-5-12-32(29,30)26-18(14(2)3)21(28)25-17(10-11-31-4)20(27)24-13-15-6-8-16(9-7-15)19(22)23/h6-9,14,17-18,26H,5,10-13H2,1-4H3,(H3,22,23)(H,24,27)(H,25,28)/t17-,18+/m0/s1. The van der Waals surface area contributed by atoms with Crippen molar-refractivity contribution in [1.82, 2.24) is 15.4 Å². The van der Waals surface area contributed by atoms with Gasteiger partial charge in [0.05, 0.1) is 5.75 Å². The first kappa shape index (κ1) is 27.9. The predicted octanol–water partition coefficient (Wildman–Crippen LogP) is 1.18. The maximum absolute atomic E-state index is 12.9. The monoisotopic (exact) mass is 485 g/mol. The second-order valence-electron chi connectivity index (χ2n) is 7.83. The largest absolute Gasteiger partial charge is 0.384 e. The van der Waals surface area contributed by atoms with E-state index in [0.717, 1.165) is 5.56 Å². The summed E-state index contributed by atoms with van der Waals surface area (Å²) in [6.45, 7) is 5.50. The molecule has 1 rings (SSSR count). The number of carbonyl (C=O) groups is 2. The summed E-state index contributed by atoms with van der Waals surface area (Å²) < 4.78 is 26.8. The number of nitrogen functional groups attached to an aromatic ring is 1. The maximum atomic E-state index is 12.9. The average molecular weight is 486 g/mol. The van der Waals surface area contributed by atoms with Gasteiger partial charge in [-0.1, -0.05) is 45.0 Å². The lowest BCUT2D eigenvalue weighted by atomic mass is 10.0. The third-order valence-electron chi connectivity index (χ3n) is 4.70. The molecule has 2 atom stereocenters. The van der Waals surface area contributed by atoms with Gasteiger partial charge < -0.3 is 16.4 Å². The molecule has 0 fully saturated rings. The highest BCUT2D eigenvalue weighted by atomic mass is 32.2. The lowest BCUT2D eigenvalue weighted by molar-refractivity contribution is -0.130. The van der Waals surface area contributed by atoms with E-state index in [4.69, 9.17) is 11.1 Å². The van der Waals surface area contributed by atoms with E-state index in [-0.39, 0.29) is 30.0 Å². The van der Waals surface area contributed by atoms with Crippen LogP contribution in [0.15, 0.2) is 24.3 Å². The molecule has 0 saturated heterocycles. The fourth-order valence-electron chi connectivity index (χ4n) is 2.89. The molecular formula is C21H35N5O4S2. The number of carbonyl (C=O) groups excluding carboxylic acids is 2. The molecule has 0 unspecified atom stereocenters. The lowest BCUT2D eigenvalue weighted by Crippen LogP contribution is -2.55. The fraction of sp³-hybridized carbons (Fsp3) is 0.571. The van der Waals surface area contributed by atoms with Crippen molar-refractivity contribution in [3.05, 3.63) is 35.4 Å². The summed E-state index contributed by atoms with van der Waals surface area (Å²) in [6, 6.07) is 5.19. The number of rotatable bonds is 14. The fourth-order valence-corrected chi connectivity index (χ4v) is 4.79. The quantitative estimate of drug-likeness (QED) is 0.197. The van der Waals surface area contributed by atoms with Crippen molar-refractivity contribution in [1.29, 1.82) is 5.41 Å². The molecule has 0 aliphatic carbocycles. The van der Waals surface area contributed by atoms with Gasteiger partial charge in [-0.3, -0.25) is 15.0 Å². The van der Waals surface area contributed by atoms with Crippen LogP contribution in [0, 0.1) is 11.3 Å². The SMILES string of the molecule is CCCS(=O)(=O)N[C@@H](C(=O)N[C@@H](CCSC)C(=O)NCc1ccc(C(=N)N)cc1)C(C)C. The van der Waals surface area contributed by atoms with Crippen LogP contribution < -0.4 is 21.1 Å². The van der Waals surface area contributed by atoms with Crippen molar-refractivity contribution >= 4 is 39.4 Å². The Hall–Kier alpha value is -2.11. The third-order valence-corrected chi connectivity index (χ3v) is 6.91. The van der Waals surface area contributed by atoms with E-state index < -0.39 is 28.0 Å². The van der Waals surface area contributed by atoms with Crippen molar-refractivity contribution in [3.8, 4) is 0 Å². The smallest absolute Gasteiger partial charge is 0.242 e. The number of thioether (sulfide) groups is 1. The lowest BCUT2D eigenvalue weighted by Gasteiger charge is -2.25. The number of hydrogen-bond donors (Lipinski definition) is 5. The molecule has 0 heterocycles. The molecule has 1 aromatic rings. The van der Waals surface area contributed by atoms with Crippen LogP contribution in [-0.2, 0) is 26.2 Å². The van der Waals surface area contributed by atoms with Crippen molar-refractivity contribution in [2.24, 2.45) is 11.7 Å². The normalized spacial score (nSPS) is 13.4.